The van der Waals surface area contributed by atoms with Gasteiger partial charge < -0.3 is 18.9 Å². The average molecular weight is 290 g/mol. The number of carbonyl (C=O) groups excluding carboxylic acids is 1. The Morgan fingerprint density at radius 2 is 2.10 bits per heavy atom. The van der Waals surface area contributed by atoms with E-state index in [0.29, 0.717) is 35.1 Å². The molecule has 0 radical (unpaired) electrons. The first-order valence-corrected chi connectivity index (χ1v) is 6.45. The Kier molecular flexibility index (Phi) is 4.47. The number of benzene rings is 1. The van der Waals surface area contributed by atoms with Crippen molar-refractivity contribution in [2.45, 2.75) is 13.5 Å². The van der Waals surface area contributed by atoms with E-state index in [1.54, 1.807) is 36.2 Å². The summed E-state index contributed by atoms with van der Waals surface area (Å²) >= 11 is 0. The second-order valence-corrected chi connectivity index (χ2v) is 4.63. The second-order valence-electron chi connectivity index (χ2n) is 4.63. The lowest BCUT2D eigenvalue weighted by atomic mass is 10.1. The van der Waals surface area contributed by atoms with E-state index in [1.165, 1.54) is 14.2 Å². The van der Waals surface area contributed by atoms with Gasteiger partial charge in [0, 0.05) is 13.1 Å². The third-order valence-electron chi connectivity index (χ3n) is 3.06. The van der Waals surface area contributed by atoms with Gasteiger partial charge in [-0.15, -0.1) is 0 Å². The molecule has 0 aliphatic rings. The highest BCUT2D eigenvalue weighted by Crippen LogP contribution is 2.31. The van der Waals surface area contributed by atoms with Gasteiger partial charge in [-0.1, -0.05) is 11.2 Å². The van der Waals surface area contributed by atoms with E-state index in [9.17, 15) is 4.79 Å². The number of amides is 1. The summed E-state index contributed by atoms with van der Waals surface area (Å²) in [6.45, 7) is 2.17. The largest absolute Gasteiger partial charge is 0.493 e. The summed E-state index contributed by atoms with van der Waals surface area (Å²) in [4.78, 5) is 14.1. The van der Waals surface area contributed by atoms with Crippen LogP contribution in [-0.4, -0.2) is 37.2 Å². The molecule has 0 unspecified atom stereocenters. The molecule has 0 fully saturated rings. The van der Waals surface area contributed by atoms with Gasteiger partial charge in [-0.25, -0.2) is 0 Å². The molecule has 6 heteroatoms. The minimum absolute atomic E-state index is 0.175. The van der Waals surface area contributed by atoms with Crippen LogP contribution in [0.1, 0.15) is 21.8 Å². The van der Waals surface area contributed by atoms with Gasteiger partial charge in [-0.2, -0.15) is 0 Å². The van der Waals surface area contributed by atoms with Crippen LogP contribution >= 0.6 is 0 Å². The van der Waals surface area contributed by atoms with Crippen LogP contribution in [0.5, 0.6) is 11.5 Å². The molecule has 0 aliphatic carbocycles. The van der Waals surface area contributed by atoms with Crippen LogP contribution in [0.3, 0.4) is 0 Å². The van der Waals surface area contributed by atoms with Crippen molar-refractivity contribution in [1.29, 1.82) is 0 Å². The smallest absolute Gasteiger partial charge is 0.257 e. The molecule has 112 valence electrons. The van der Waals surface area contributed by atoms with Crippen LogP contribution in [0.2, 0.25) is 0 Å². The maximum Gasteiger partial charge on any atom is 0.257 e. The molecule has 21 heavy (non-hydrogen) atoms. The summed E-state index contributed by atoms with van der Waals surface area (Å²) < 4.78 is 15.5. The number of nitrogens with zero attached hydrogens (tertiary/aromatic N) is 2. The second kappa shape index (κ2) is 6.30. The normalized spacial score (nSPS) is 10.3. The summed E-state index contributed by atoms with van der Waals surface area (Å²) in [5.41, 5.74) is 1.14. The molecule has 0 aliphatic heterocycles. The fourth-order valence-corrected chi connectivity index (χ4v) is 2.07. The number of hydrogen-bond donors (Lipinski definition) is 0. The Balaban J connectivity index is 2.23. The molecule has 0 atom stereocenters. The van der Waals surface area contributed by atoms with E-state index in [4.69, 9.17) is 14.0 Å². The van der Waals surface area contributed by atoms with Gasteiger partial charge in [0.15, 0.2) is 11.5 Å². The van der Waals surface area contributed by atoms with Crippen molar-refractivity contribution in [1.82, 2.24) is 10.1 Å². The fourth-order valence-electron chi connectivity index (χ4n) is 2.07. The van der Waals surface area contributed by atoms with E-state index >= 15 is 0 Å². The van der Waals surface area contributed by atoms with Crippen LogP contribution in [-0.2, 0) is 6.54 Å². The number of ether oxygens (including phenoxy) is 2. The Labute approximate surface area is 123 Å². The Hall–Kier alpha value is -2.50. The molecule has 0 saturated heterocycles. The number of aromatic nitrogens is 1. The molecule has 1 heterocycles. The van der Waals surface area contributed by atoms with E-state index in [2.05, 4.69) is 5.16 Å². The number of methoxy groups -OCH3 is 2. The van der Waals surface area contributed by atoms with Crippen molar-refractivity contribution < 1.29 is 18.8 Å². The van der Waals surface area contributed by atoms with Gasteiger partial charge in [0.2, 0.25) is 0 Å². The molecule has 0 bridgehead atoms. The number of aryl methyl sites for hydroxylation is 1. The van der Waals surface area contributed by atoms with Crippen molar-refractivity contribution in [2.75, 3.05) is 21.3 Å². The van der Waals surface area contributed by atoms with Crippen molar-refractivity contribution in [3.05, 3.63) is 41.3 Å². The van der Waals surface area contributed by atoms with Crippen molar-refractivity contribution >= 4 is 5.91 Å². The molecule has 2 aromatic rings. The van der Waals surface area contributed by atoms with Gasteiger partial charge in [-0.05, 0) is 19.1 Å². The average Bonchev–Trinajstić information content (AvgIpc) is 2.90. The van der Waals surface area contributed by atoms with Crippen molar-refractivity contribution in [3.8, 4) is 11.5 Å². The van der Waals surface area contributed by atoms with Gasteiger partial charge in [-0.3, -0.25) is 4.79 Å². The molecule has 0 saturated carbocycles. The molecule has 2 rings (SSSR count). The van der Waals surface area contributed by atoms with Crippen molar-refractivity contribution in [3.63, 3.8) is 0 Å². The lowest BCUT2D eigenvalue weighted by Crippen LogP contribution is -2.26. The zero-order chi connectivity index (χ0) is 15.4. The number of para-hydroxylation sites is 1. The molecule has 0 N–H and O–H groups in total. The molecular weight excluding hydrogens is 272 g/mol. The van der Waals surface area contributed by atoms with E-state index in [0.717, 1.165) is 0 Å². The Morgan fingerprint density at radius 1 is 1.33 bits per heavy atom. The highest BCUT2D eigenvalue weighted by Gasteiger charge is 2.20. The third-order valence-corrected chi connectivity index (χ3v) is 3.06. The molecule has 1 amide bonds. The van der Waals surface area contributed by atoms with Gasteiger partial charge in [0.1, 0.15) is 11.5 Å². The van der Waals surface area contributed by atoms with Gasteiger partial charge in [0.25, 0.3) is 5.91 Å². The first kappa shape index (κ1) is 14.9. The van der Waals surface area contributed by atoms with Crippen LogP contribution in [0.4, 0.5) is 0 Å². The summed E-state index contributed by atoms with van der Waals surface area (Å²) in [6.07, 6.45) is 0. The zero-order valence-electron chi connectivity index (χ0n) is 12.5. The number of hydrogen-bond acceptors (Lipinski definition) is 5. The third kappa shape index (κ3) is 3.16. The van der Waals surface area contributed by atoms with Gasteiger partial charge >= 0.3 is 0 Å². The monoisotopic (exact) mass is 290 g/mol. The van der Waals surface area contributed by atoms with E-state index in [-0.39, 0.29) is 5.91 Å². The predicted octanol–water partition coefficient (Wildman–Crippen LogP) is 2.27. The van der Waals surface area contributed by atoms with Crippen LogP contribution < -0.4 is 9.47 Å². The van der Waals surface area contributed by atoms with Crippen LogP contribution in [0.25, 0.3) is 0 Å². The zero-order valence-corrected chi connectivity index (χ0v) is 12.5. The summed E-state index contributed by atoms with van der Waals surface area (Å²) in [5.74, 6) is 1.48. The first-order valence-electron chi connectivity index (χ1n) is 6.45. The lowest BCUT2D eigenvalue weighted by molar-refractivity contribution is 0.0778. The Bertz CT molecular complexity index is 636. The minimum Gasteiger partial charge on any atom is -0.493 e. The summed E-state index contributed by atoms with van der Waals surface area (Å²) in [6, 6.07) is 7.00. The minimum atomic E-state index is -0.175. The number of rotatable bonds is 5. The first-order chi connectivity index (χ1) is 10.1. The molecule has 6 nitrogen and oxygen atoms in total. The molecular formula is C15H18N2O4. The van der Waals surface area contributed by atoms with Crippen molar-refractivity contribution in [2.24, 2.45) is 0 Å². The maximum absolute atomic E-state index is 12.5. The molecule has 0 spiro atoms. The lowest BCUT2D eigenvalue weighted by Gasteiger charge is -2.18. The quantitative estimate of drug-likeness (QED) is 0.845. The van der Waals surface area contributed by atoms with Crippen LogP contribution in [0, 0.1) is 6.92 Å². The van der Waals surface area contributed by atoms with Crippen LogP contribution in [0.15, 0.2) is 28.8 Å². The topological polar surface area (TPSA) is 64.8 Å². The van der Waals surface area contributed by atoms with Gasteiger partial charge in [0.05, 0.1) is 26.3 Å². The predicted molar refractivity (Wildman–Crippen MR) is 76.6 cm³/mol. The highest BCUT2D eigenvalue weighted by atomic mass is 16.5. The SMILES string of the molecule is COc1cccc(C(=O)N(C)Cc2cc(C)on2)c1OC. The summed E-state index contributed by atoms with van der Waals surface area (Å²) in [5, 5.41) is 3.88. The maximum atomic E-state index is 12.5. The van der Waals surface area contributed by atoms with E-state index < -0.39 is 0 Å². The summed E-state index contributed by atoms with van der Waals surface area (Å²) in [7, 11) is 4.74. The standard InChI is InChI=1S/C15H18N2O4/c1-10-8-11(16-21-10)9-17(2)15(18)12-6-5-7-13(19-3)14(12)20-4/h5-8H,9H2,1-4H3. The molecule has 1 aromatic carbocycles. The highest BCUT2D eigenvalue weighted by molar-refractivity contribution is 5.97. The fraction of sp³-hybridized carbons (Fsp3) is 0.333. The number of carbonyl (C=O) groups is 1. The molecule has 1 aromatic heterocycles. The van der Waals surface area contributed by atoms with E-state index in [1.807, 2.05) is 6.92 Å². The Morgan fingerprint density at radius 3 is 2.67 bits per heavy atom.